The summed E-state index contributed by atoms with van der Waals surface area (Å²) in [5.74, 6) is 5.10. The summed E-state index contributed by atoms with van der Waals surface area (Å²) in [6.07, 6.45) is 3.41. The molecule has 0 aromatic carbocycles. The van der Waals surface area contributed by atoms with Gasteiger partial charge in [0.1, 0.15) is 11.6 Å². The third kappa shape index (κ3) is 3.13. The van der Waals surface area contributed by atoms with E-state index >= 15 is 0 Å². The van der Waals surface area contributed by atoms with Gasteiger partial charge in [0, 0.05) is 54.9 Å². The molecule has 0 N–H and O–H groups in total. The van der Waals surface area contributed by atoms with Crippen molar-refractivity contribution < 1.29 is 0 Å². The molecule has 7 heteroatoms. The molecular weight excluding hydrogens is 346 g/mol. The highest BCUT2D eigenvalue weighted by atomic mass is 32.2. The van der Waals surface area contributed by atoms with Gasteiger partial charge in [-0.3, -0.25) is 4.79 Å². The van der Waals surface area contributed by atoms with E-state index in [1.807, 2.05) is 18.7 Å². The zero-order valence-corrected chi connectivity index (χ0v) is 15.8. The van der Waals surface area contributed by atoms with Crippen molar-refractivity contribution in [2.75, 3.05) is 23.7 Å². The van der Waals surface area contributed by atoms with Gasteiger partial charge in [-0.2, -0.15) is 16.9 Å². The predicted molar refractivity (Wildman–Crippen MR) is 103 cm³/mol. The lowest BCUT2D eigenvalue weighted by Gasteiger charge is -2.40. The minimum Gasteiger partial charge on any atom is -0.356 e. The van der Waals surface area contributed by atoms with E-state index in [9.17, 15) is 4.79 Å². The van der Waals surface area contributed by atoms with E-state index in [4.69, 9.17) is 4.98 Å². The summed E-state index contributed by atoms with van der Waals surface area (Å²) in [4.78, 5) is 24.0. The molecule has 26 heavy (non-hydrogen) atoms. The average Bonchev–Trinajstić information content (AvgIpc) is 3.42. The summed E-state index contributed by atoms with van der Waals surface area (Å²) in [6, 6.07) is 3.86. The number of thioether (sulfide) groups is 1. The number of aromatic nitrogens is 4. The van der Waals surface area contributed by atoms with Crippen LogP contribution in [-0.4, -0.2) is 38.6 Å². The molecule has 0 amide bonds. The zero-order chi connectivity index (χ0) is 17.7. The van der Waals surface area contributed by atoms with E-state index in [0.717, 1.165) is 59.6 Å². The van der Waals surface area contributed by atoms with E-state index in [2.05, 4.69) is 21.0 Å². The Morgan fingerprint density at radius 2 is 2.08 bits per heavy atom. The Kier molecular flexibility index (Phi) is 3.99. The molecular formula is C19H23N5OS. The minimum absolute atomic E-state index is 0.0404. The lowest BCUT2D eigenvalue weighted by atomic mass is 10.00. The topological polar surface area (TPSA) is 63.9 Å². The maximum absolute atomic E-state index is 12.3. The van der Waals surface area contributed by atoms with Crippen LogP contribution in [-0.2, 0) is 18.7 Å². The summed E-state index contributed by atoms with van der Waals surface area (Å²) in [5, 5.41) is 4.64. The zero-order valence-electron chi connectivity index (χ0n) is 15.0. The Morgan fingerprint density at radius 3 is 2.88 bits per heavy atom. The van der Waals surface area contributed by atoms with Gasteiger partial charge in [0.15, 0.2) is 0 Å². The van der Waals surface area contributed by atoms with E-state index in [1.54, 1.807) is 10.7 Å². The van der Waals surface area contributed by atoms with Gasteiger partial charge in [0.05, 0.1) is 12.2 Å². The third-order valence-electron chi connectivity index (χ3n) is 5.42. The molecule has 4 heterocycles. The maximum atomic E-state index is 12.3. The molecule has 3 aliphatic rings. The summed E-state index contributed by atoms with van der Waals surface area (Å²) >= 11 is 1.88. The predicted octanol–water partition coefficient (Wildman–Crippen LogP) is 2.14. The van der Waals surface area contributed by atoms with Crippen LogP contribution in [0.5, 0.6) is 0 Å². The van der Waals surface area contributed by atoms with E-state index in [0.29, 0.717) is 18.4 Å². The molecule has 136 valence electrons. The fourth-order valence-electron chi connectivity index (χ4n) is 3.76. The van der Waals surface area contributed by atoms with Gasteiger partial charge >= 0.3 is 0 Å². The van der Waals surface area contributed by atoms with E-state index < -0.39 is 0 Å². The Morgan fingerprint density at radius 1 is 1.23 bits per heavy atom. The lowest BCUT2D eigenvalue weighted by Crippen LogP contribution is -2.50. The van der Waals surface area contributed by atoms with Crippen LogP contribution in [0.15, 0.2) is 16.9 Å². The highest BCUT2D eigenvalue weighted by Gasteiger charge is 2.32. The molecule has 2 aromatic heterocycles. The number of rotatable bonds is 4. The van der Waals surface area contributed by atoms with Crippen molar-refractivity contribution in [3.8, 4) is 0 Å². The fourth-order valence-corrected chi connectivity index (χ4v) is 4.71. The molecule has 0 radical (unpaired) electrons. The van der Waals surface area contributed by atoms with Gasteiger partial charge in [-0.05, 0) is 31.1 Å². The largest absolute Gasteiger partial charge is 0.356 e. The number of aryl methyl sites for hydroxylation is 2. The summed E-state index contributed by atoms with van der Waals surface area (Å²) in [6.45, 7) is 4.61. The first-order valence-corrected chi connectivity index (χ1v) is 10.6. The minimum atomic E-state index is 0.0404. The molecule has 0 atom stereocenters. The van der Waals surface area contributed by atoms with Crippen LogP contribution < -0.4 is 10.5 Å². The molecule has 2 aliphatic heterocycles. The van der Waals surface area contributed by atoms with Gasteiger partial charge in [-0.15, -0.1) is 0 Å². The highest BCUT2D eigenvalue weighted by Crippen LogP contribution is 2.39. The second-order valence-corrected chi connectivity index (χ2v) is 8.82. The fraction of sp³-hybridized carbons (Fsp3) is 0.579. The van der Waals surface area contributed by atoms with Crippen molar-refractivity contribution in [1.29, 1.82) is 0 Å². The summed E-state index contributed by atoms with van der Waals surface area (Å²) in [7, 11) is 0. The van der Waals surface area contributed by atoms with Crippen LogP contribution in [0.25, 0.3) is 0 Å². The van der Waals surface area contributed by atoms with Gasteiger partial charge < -0.3 is 4.90 Å². The quantitative estimate of drug-likeness (QED) is 0.823. The Bertz CT molecular complexity index is 901. The summed E-state index contributed by atoms with van der Waals surface area (Å²) < 4.78 is 1.68. The van der Waals surface area contributed by atoms with Gasteiger partial charge in [-0.1, -0.05) is 0 Å². The first-order valence-electron chi connectivity index (χ1n) is 9.44. The number of hydrogen-bond acceptors (Lipinski definition) is 6. The van der Waals surface area contributed by atoms with E-state index in [-0.39, 0.29) is 5.56 Å². The van der Waals surface area contributed by atoms with Crippen LogP contribution in [0.3, 0.4) is 0 Å². The Balaban J connectivity index is 1.27. The number of fused-ring (bicyclic) bond motifs is 1. The van der Waals surface area contributed by atoms with Crippen molar-refractivity contribution in [1.82, 2.24) is 19.7 Å². The van der Waals surface area contributed by atoms with Gasteiger partial charge in [0.25, 0.3) is 5.56 Å². The molecule has 1 aliphatic carbocycles. The number of hydrogen-bond donors (Lipinski definition) is 0. The van der Waals surface area contributed by atoms with E-state index in [1.165, 1.54) is 12.8 Å². The lowest BCUT2D eigenvalue weighted by molar-refractivity contribution is 0.330. The molecule has 2 aromatic rings. The van der Waals surface area contributed by atoms with Gasteiger partial charge in [-0.25, -0.2) is 14.6 Å². The van der Waals surface area contributed by atoms with Crippen molar-refractivity contribution in [2.45, 2.75) is 44.4 Å². The Labute approximate surface area is 157 Å². The first-order chi connectivity index (χ1) is 12.7. The molecule has 0 unspecified atom stereocenters. The standard InChI is InChI=1S/C19H23N5OS/c1-12-6-17(21-19(20-12)14-2-3-14)23-8-13(9-23)10-24-18(25)7-15-11-26-5-4-16(15)22-24/h6-7,13-14H,2-5,8-11H2,1H3. The monoisotopic (exact) mass is 369 g/mol. The van der Waals surface area contributed by atoms with Crippen molar-refractivity contribution in [3.05, 3.63) is 45.3 Å². The van der Waals surface area contributed by atoms with Crippen LogP contribution >= 0.6 is 11.8 Å². The number of anilines is 1. The molecule has 0 spiro atoms. The molecule has 0 bridgehead atoms. The SMILES string of the molecule is Cc1cc(N2CC(Cn3nc4c(cc3=O)CSCC4)C2)nc(C2CC2)n1. The van der Waals surface area contributed by atoms with Crippen LogP contribution in [0.1, 0.15) is 41.5 Å². The smallest absolute Gasteiger partial charge is 0.267 e. The van der Waals surface area contributed by atoms with Crippen molar-refractivity contribution in [3.63, 3.8) is 0 Å². The van der Waals surface area contributed by atoms with Crippen LogP contribution in [0, 0.1) is 12.8 Å². The summed E-state index contributed by atoms with van der Waals surface area (Å²) in [5.41, 5.74) is 3.33. The Hall–Kier alpha value is -1.89. The maximum Gasteiger partial charge on any atom is 0.267 e. The second kappa shape index (κ2) is 6.37. The van der Waals surface area contributed by atoms with Crippen molar-refractivity contribution >= 4 is 17.6 Å². The third-order valence-corrected chi connectivity index (χ3v) is 6.43. The molecule has 1 saturated carbocycles. The molecule has 2 fully saturated rings. The average molecular weight is 369 g/mol. The second-order valence-electron chi connectivity index (χ2n) is 7.71. The normalized spacial score (nSPS) is 20.0. The van der Waals surface area contributed by atoms with Gasteiger partial charge in [0.2, 0.25) is 0 Å². The molecule has 6 nitrogen and oxygen atoms in total. The highest BCUT2D eigenvalue weighted by molar-refractivity contribution is 7.98. The first kappa shape index (κ1) is 16.3. The van der Waals surface area contributed by atoms with Crippen LogP contribution in [0.4, 0.5) is 5.82 Å². The molecule has 5 rings (SSSR count). The van der Waals surface area contributed by atoms with Crippen molar-refractivity contribution in [2.24, 2.45) is 5.92 Å². The number of nitrogens with zero attached hydrogens (tertiary/aromatic N) is 5. The molecule has 1 saturated heterocycles. The van der Waals surface area contributed by atoms with Crippen LogP contribution in [0.2, 0.25) is 0 Å².